The molecule has 0 fully saturated rings. The summed E-state index contributed by atoms with van der Waals surface area (Å²) in [6.45, 7) is 0. The molecule has 2 aromatic carbocycles. The van der Waals surface area contributed by atoms with E-state index in [9.17, 15) is 9.59 Å². The van der Waals surface area contributed by atoms with E-state index in [1.165, 1.54) is 14.2 Å². The number of amides is 1. The van der Waals surface area contributed by atoms with Gasteiger partial charge >= 0.3 is 5.97 Å². The number of benzene rings is 2. The molecule has 26 heavy (non-hydrogen) atoms. The molecular formula is C21H23NO4. The highest BCUT2D eigenvalue weighted by molar-refractivity contribution is 5.87. The zero-order valence-electron chi connectivity index (χ0n) is 14.9. The lowest BCUT2D eigenvalue weighted by Crippen LogP contribution is -2.43. The quantitative estimate of drug-likeness (QED) is 0.741. The maximum Gasteiger partial charge on any atom is 0.328 e. The summed E-state index contributed by atoms with van der Waals surface area (Å²) in [6.07, 6.45) is 3.26. The second kappa shape index (κ2) is 10.2. The molecule has 2 atom stereocenters. The highest BCUT2D eigenvalue weighted by atomic mass is 16.5. The van der Waals surface area contributed by atoms with E-state index < -0.39 is 18.1 Å². The number of carbonyl (C=O) groups is 2. The molecule has 5 nitrogen and oxygen atoms in total. The first kappa shape index (κ1) is 19.4. The van der Waals surface area contributed by atoms with Gasteiger partial charge in [-0.25, -0.2) is 4.79 Å². The predicted molar refractivity (Wildman–Crippen MR) is 100 cm³/mol. The van der Waals surface area contributed by atoms with Crippen LogP contribution in [0.5, 0.6) is 0 Å². The molecule has 0 aliphatic rings. The monoisotopic (exact) mass is 353 g/mol. The summed E-state index contributed by atoms with van der Waals surface area (Å²) in [5, 5.41) is 2.71. The minimum absolute atomic E-state index is 0.318. The average Bonchev–Trinajstić information content (AvgIpc) is 2.69. The normalized spacial score (nSPS) is 13.2. The van der Waals surface area contributed by atoms with Crippen LogP contribution in [0.2, 0.25) is 0 Å². The molecule has 0 aromatic heterocycles. The summed E-state index contributed by atoms with van der Waals surface area (Å²) in [7, 11) is 2.76. The molecule has 0 bridgehead atoms. The Kier molecular flexibility index (Phi) is 7.58. The van der Waals surface area contributed by atoms with Gasteiger partial charge in [0.15, 0.2) is 6.10 Å². The molecule has 0 spiro atoms. The number of ether oxygens (including phenoxy) is 2. The van der Waals surface area contributed by atoms with Crippen LogP contribution in [-0.2, 0) is 19.1 Å². The second-order valence-corrected chi connectivity index (χ2v) is 5.66. The lowest BCUT2D eigenvalue weighted by Gasteiger charge is -2.20. The van der Waals surface area contributed by atoms with Crippen molar-refractivity contribution in [3.63, 3.8) is 0 Å². The van der Waals surface area contributed by atoms with E-state index in [1.807, 2.05) is 60.7 Å². The fraction of sp³-hybridized carbons (Fsp3) is 0.238. The van der Waals surface area contributed by atoms with Crippen molar-refractivity contribution < 1.29 is 19.1 Å². The van der Waals surface area contributed by atoms with Gasteiger partial charge < -0.3 is 14.8 Å². The van der Waals surface area contributed by atoms with Gasteiger partial charge in [0.1, 0.15) is 6.04 Å². The summed E-state index contributed by atoms with van der Waals surface area (Å²) in [4.78, 5) is 24.6. The number of esters is 1. The van der Waals surface area contributed by atoms with Gasteiger partial charge in [-0.3, -0.25) is 4.79 Å². The summed E-state index contributed by atoms with van der Waals surface area (Å²) >= 11 is 0. The Hall–Kier alpha value is -2.92. The van der Waals surface area contributed by atoms with E-state index in [0.717, 1.165) is 11.1 Å². The maximum absolute atomic E-state index is 12.6. The Morgan fingerprint density at radius 2 is 1.62 bits per heavy atom. The van der Waals surface area contributed by atoms with Crippen LogP contribution >= 0.6 is 0 Å². The van der Waals surface area contributed by atoms with E-state index in [-0.39, 0.29) is 5.91 Å². The number of nitrogens with one attached hydrogen (secondary N) is 1. The molecule has 0 unspecified atom stereocenters. The SMILES string of the molecule is COC(=O)[C@H](C/C=C/c1ccccc1)NC(=O)[C@@H](OC)c1ccccc1. The van der Waals surface area contributed by atoms with Crippen LogP contribution in [0, 0.1) is 0 Å². The molecule has 0 heterocycles. The minimum atomic E-state index is -0.790. The molecular weight excluding hydrogens is 330 g/mol. The largest absolute Gasteiger partial charge is 0.467 e. The summed E-state index contributed by atoms with van der Waals surface area (Å²) in [5.74, 6) is -0.888. The van der Waals surface area contributed by atoms with Gasteiger partial charge in [-0.05, 0) is 17.5 Å². The standard InChI is InChI=1S/C21H23NO4/c1-25-19(17-13-7-4-8-14-17)20(23)22-18(21(24)26-2)15-9-12-16-10-5-3-6-11-16/h3-14,18-19H,15H2,1-2H3,(H,22,23)/b12-9+/t18-,19-/m0/s1. The number of hydrogen-bond donors (Lipinski definition) is 1. The van der Waals surface area contributed by atoms with E-state index in [4.69, 9.17) is 9.47 Å². The first-order chi connectivity index (χ1) is 12.7. The zero-order valence-corrected chi connectivity index (χ0v) is 14.9. The van der Waals surface area contributed by atoms with Crippen molar-refractivity contribution >= 4 is 18.0 Å². The topological polar surface area (TPSA) is 64.6 Å². The summed E-state index contributed by atoms with van der Waals surface area (Å²) in [5.41, 5.74) is 1.73. The lowest BCUT2D eigenvalue weighted by atomic mass is 10.1. The van der Waals surface area contributed by atoms with Crippen molar-refractivity contribution in [1.82, 2.24) is 5.32 Å². The van der Waals surface area contributed by atoms with Gasteiger partial charge in [0.05, 0.1) is 7.11 Å². The predicted octanol–water partition coefficient (Wildman–Crippen LogP) is 3.14. The molecule has 1 N–H and O–H groups in total. The van der Waals surface area contributed by atoms with Crippen LogP contribution in [0.1, 0.15) is 23.7 Å². The minimum Gasteiger partial charge on any atom is -0.467 e. The van der Waals surface area contributed by atoms with Crippen molar-refractivity contribution in [3.05, 3.63) is 77.9 Å². The maximum atomic E-state index is 12.6. The Labute approximate surface area is 153 Å². The van der Waals surface area contributed by atoms with Crippen molar-refractivity contribution in [3.8, 4) is 0 Å². The van der Waals surface area contributed by atoms with Gasteiger partial charge in [-0.1, -0.05) is 72.8 Å². The molecule has 0 radical (unpaired) electrons. The third kappa shape index (κ3) is 5.57. The van der Waals surface area contributed by atoms with Crippen LogP contribution < -0.4 is 5.32 Å². The van der Waals surface area contributed by atoms with Crippen molar-refractivity contribution in [2.24, 2.45) is 0 Å². The number of carbonyl (C=O) groups excluding carboxylic acids is 2. The summed E-state index contributed by atoms with van der Waals surface area (Å²) < 4.78 is 10.1. The second-order valence-electron chi connectivity index (χ2n) is 5.66. The molecule has 5 heteroatoms. The van der Waals surface area contributed by atoms with E-state index >= 15 is 0 Å². The highest BCUT2D eigenvalue weighted by Gasteiger charge is 2.26. The molecule has 0 saturated heterocycles. The first-order valence-corrected chi connectivity index (χ1v) is 8.33. The van der Waals surface area contributed by atoms with Crippen LogP contribution in [-0.4, -0.2) is 32.1 Å². The summed E-state index contributed by atoms with van der Waals surface area (Å²) in [6, 6.07) is 18.1. The van der Waals surface area contributed by atoms with Crippen LogP contribution in [0.4, 0.5) is 0 Å². The Morgan fingerprint density at radius 1 is 1.00 bits per heavy atom. The van der Waals surface area contributed by atoms with Gasteiger partial charge in [0.25, 0.3) is 5.91 Å². The van der Waals surface area contributed by atoms with Gasteiger partial charge in [-0.2, -0.15) is 0 Å². The Balaban J connectivity index is 2.05. The molecule has 0 aliphatic carbocycles. The van der Waals surface area contributed by atoms with Crippen molar-refractivity contribution in [1.29, 1.82) is 0 Å². The van der Waals surface area contributed by atoms with Crippen LogP contribution in [0.3, 0.4) is 0 Å². The zero-order chi connectivity index (χ0) is 18.8. The number of methoxy groups -OCH3 is 2. The third-order valence-corrected chi connectivity index (χ3v) is 3.86. The fourth-order valence-corrected chi connectivity index (χ4v) is 2.53. The Morgan fingerprint density at radius 3 is 2.19 bits per heavy atom. The average molecular weight is 353 g/mol. The number of hydrogen-bond acceptors (Lipinski definition) is 4. The van der Waals surface area contributed by atoms with Crippen LogP contribution in [0.15, 0.2) is 66.7 Å². The lowest BCUT2D eigenvalue weighted by molar-refractivity contribution is -0.146. The van der Waals surface area contributed by atoms with E-state index in [0.29, 0.717) is 6.42 Å². The molecule has 1 amide bonds. The molecule has 0 aliphatic heterocycles. The molecule has 0 saturated carbocycles. The third-order valence-electron chi connectivity index (χ3n) is 3.86. The number of rotatable bonds is 8. The van der Waals surface area contributed by atoms with Gasteiger partial charge in [-0.15, -0.1) is 0 Å². The van der Waals surface area contributed by atoms with Crippen molar-refractivity contribution in [2.45, 2.75) is 18.6 Å². The van der Waals surface area contributed by atoms with Crippen LogP contribution in [0.25, 0.3) is 6.08 Å². The van der Waals surface area contributed by atoms with Crippen molar-refractivity contribution in [2.75, 3.05) is 14.2 Å². The first-order valence-electron chi connectivity index (χ1n) is 8.33. The van der Waals surface area contributed by atoms with Gasteiger partial charge in [0.2, 0.25) is 0 Å². The van der Waals surface area contributed by atoms with E-state index in [1.54, 1.807) is 12.1 Å². The molecule has 2 aromatic rings. The van der Waals surface area contributed by atoms with E-state index in [2.05, 4.69) is 5.32 Å². The molecule has 2 rings (SSSR count). The highest BCUT2D eigenvalue weighted by Crippen LogP contribution is 2.17. The Bertz CT molecular complexity index is 728. The molecule has 136 valence electrons. The smallest absolute Gasteiger partial charge is 0.328 e. The van der Waals surface area contributed by atoms with Gasteiger partial charge in [0, 0.05) is 7.11 Å². The fourth-order valence-electron chi connectivity index (χ4n) is 2.53.